The highest BCUT2D eigenvalue weighted by molar-refractivity contribution is 8.00. The normalized spacial score (nSPS) is 14.6. The molecular formula is C23H22ClN3O4S2. The molecule has 1 aromatic heterocycles. The average Bonchev–Trinajstić information content (AvgIpc) is 3.18. The molecule has 2 aromatic carbocycles. The van der Waals surface area contributed by atoms with Gasteiger partial charge in [-0.1, -0.05) is 30.3 Å². The van der Waals surface area contributed by atoms with Crippen molar-refractivity contribution in [1.82, 2.24) is 9.55 Å². The van der Waals surface area contributed by atoms with Crippen LogP contribution in [0.15, 0.2) is 57.3 Å². The molecule has 0 bridgehead atoms. The Morgan fingerprint density at radius 2 is 2.00 bits per heavy atom. The Kier molecular flexibility index (Phi) is 7.21. The predicted molar refractivity (Wildman–Crippen MR) is 133 cm³/mol. The SMILES string of the molecule is COc1ccc(-n2c(SCC(=O)Nc3cc(Cl)ccc3OC)nc3c(c2=O)SC(C)C3)cc1. The van der Waals surface area contributed by atoms with Crippen LogP contribution >= 0.6 is 35.1 Å². The van der Waals surface area contributed by atoms with Crippen LogP contribution in [0.3, 0.4) is 0 Å². The van der Waals surface area contributed by atoms with Crippen molar-refractivity contribution in [3.05, 3.63) is 63.5 Å². The summed E-state index contributed by atoms with van der Waals surface area (Å²) < 4.78 is 12.1. The fraction of sp³-hybridized carbons (Fsp3) is 0.261. The summed E-state index contributed by atoms with van der Waals surface area (Å²) in [7, 11) is 3.11. The van der Waals surface area contributed by atoms with Crippen molar-refractivity contribution in [1.29, 1.82) is 0 Å². The zero-order valence-corrected chi connectivity index (χ0v) is 20.6. The minimum Gasteiger partial charge on any atom is -0.497 e. The van der Waals surface area contributed by atoms with Crippen LogP contribution in [0.5, 0.6) is 11.5 Å². The second kappa shape index (κ2) is 10.1. The second-order valence-electron chi connectivity index (χ2n) is 7.32. The fourth-order valence-corrected chi connectivity index (χ4v) is 5.55. The highest BCUT2D eigenvalue weighted by Crippen LogP contribution is 2.35. The minimum absolute atomic E-state index is 0.0553. The number of fused-ring (bicyclic) bond motifs is 1. The largest absolute Gasteiger partial charge is 0.497 e. The van der Waals surface area contributed by atoms with Gasteiger partial charge in [-0.25, -0.2) is 4.98 Å². The van der Waals surface area contributed by atoms with Crippen LogP contribution < -0.4 is 20.3 Å². The van der Waals surface area contributed by atoms with Crippen LogP contribution in [0.4, 0.5) is 5.69 Å². The highest BCUT2D eigenvalue weighted by atomic mass is 35.5. The van der Waals surface area contributed by atoms with E-state index in [1.807, 2.05) is 0 Å². The van der Waals surface area contributed by atoms with E-state index in [-0.39, 0.29) is 22.5 Å². The number of thioether (sulfide) groups is 2. The molecule has 0 saturated heterocycles. The van der Waals surface area contributed by atoms with Crippen molar-refractivity contribution in [2.75, 3.05) is 25.3 Å². The minimum atomic E-state index is -0.265. The van der Waals surface area contributed by atoms with Crippen molar-refractivity contribution >= 4 is 46.7 Å². The van der Waals surface area contributed by atoms with E-state index in [4.69, 9.17) is 26.1 Å². The predicted octanol–water partition coefficient (Wildman–Crippen LogP) is 4.67. The molecule has 7 nitrogen and oxygen atoms in total. The number of aromatic nitrogens is 2. The number of rotatable bonds is 7. The molecule has 33 heavy (non-hydrogen) atoms. The number of hydrogen-bond acceptors (Lipinski definition) is 7. The van der Waals surface area contributed by atoms with Crippen LogP contribution in [-0.4, -0.2) is 40.7 Å². The third kappa shape index (κ3) is 5.15. The van der Waals surface area contributed by atoms with E-state index < -0.39 is 0 Å². The lowest BCUT2D eigenvalue weighted by Gasteiger charge is -2.14. The number of ether oxygens (including phenoxy) is 2. The quantitative estimate of drug-likeness (QED) is 0.370. The number of halogens is 1. The maximum atomic E-state index is 13.4. The van der Waals surface area contributed by atoms with Gasteiger partial charge >= 0.3 is 0 Å². The Hall–Kier alpha value is -2.62. The van der Waals surface area contributed by atoms with Crippen molar-refractivity contribution in [2.45, 2.75) is 28.6 Å². The van der Waals surface area contributed by atoms with Gasteiger partial charge in [-0.3, -0.25) is 14.2 Å². The Labute approximate surface area is 204 Å². The van der Waals surface area contributed by atoms with Crippen LogP contribution in [0.1, 0.15) is 12.6 Å². The molecule has 1 aliphatic rings. The summed E-state index contributed by atoms with van der Waals surface area (Å²) in [5.41, 5.74) is 1.80. The number of nitrogens with one attached hydrogen (secondary N) is 1. The van der Waals surface area contributed by atoms with Gasteiger partial charge in [-0.15, -0.1) is 11.8 Å². The number of amides is 1. The Bertz CT molecular complexity index is 1250. The molecule has 0 spiro atoms. The second-order valence-corrected chi connectivity index (χ2v) is 10.2. The molecule has 1 N–H and O–H groups in total. The number of carbonyl (C=O) groups excluding carboxylic acids is 1. The number of anilines is 1. The van der Waals surface area contributed by atoms with Gasteiger partial charge in [0.1, 0.15) is 11.5 Å². The van der Waals surface area contributed by atoms with Gasteiger partial charge in [0.2, 0.25) is 5.91 Å². The first kappa shape index (κ1) is 23.5. The first-order chi connectivity index (χ1) is 15.9. The fourth-order valence-electron chi connectivity index (χ4n) is 3.45. The summed E-state index contributed by atoms with van der Waals surface area (Å²) in [5.74, 6) is 0.988. The molecule has 0 aliphatic carbocycles. The first-order valence-electron chi connectivity index (χ1n) is 10.1. The van der Waals surface area contributed by atoms with E-state index in [1.54, 1.807) is 54.1 Å². The van der Waals surface area contributed by atoms with Gasteiger partial charge in [0, 0.05) is 16.7 Å². The van der Waals surface area contributed by atoms with E-state index in [0.29, 0.717) is 37.9 Å². The Morgan fingerprint density at radius 1 is 1.24 bits per heavy atom. The summed E-state index contributed by atoms with van der Waals surface area (Å²) in [4.78, 5) is 31.5. The van der Waals surface area contributed by atoms with Gasteiger partial charge in [-0.05, 0) is 42.5 Å². The molecule has 1 amide bonds. The zero-order valence-electron chi connectivity index (χ0n) is 18.3. The lowest BCUT2D eigenvalue weighted by molar-refractivity contribution is -0.113. The number of nitrogens with zero attached hydrogens (tertiary/aromatic N) is 2. The van der Waals surface area contributed by atoms with E-state index in [2.05, 4.69) is 12.2 Å². The van der Waals surface area contributed by atoms with Gasteiger partial charge in [-0.2, -0.15) is 0 Å². The summed E-state index contributed by atoms with van der Waals surface area (Å²) in [6, 6.07) is 12.2. The molecule has 172 valence electrons. The maximum absolute atomic E-state index is 13.4. The Balaban J connectivity index is 1.62. The molecule has 1 atom stereocenters. The van der Waals surface area contributed by atoms with Crippen LogP contribution in [0.2, 0.25) is 5.02 Å². The number of hydrogen-bond donors (Lipinski definition) is 1. The van der Waals surface area contributed by atoms with Gasteiger partial charge in [0.15, 0.2) is 5.16 Å². The maximum Gasteiger partial charge on any atom is 0.272 e. The zero-order chi connectivity index (χ0) is 23.5. The van der Waals surface area contributed by atoms with E-state index in [1.165, 1.54) is 30.6 Å². The summed E-state index contributed by atoms with van der Waals surface area (Å²) in [6.07, 6.45) is 0.720. The standard InChI is InChI=1S/C23H22ClN3O4S2/c1-13-10-18-21(33-13)22(29)27(15-5-7-16(30-2)8-6-15)23(26-18)32-12-20(28)25-17-11-14(24)4-9-19(17)31-3/h4-9,11,13H,10,12H2,1-3H3,(H,25,28). The monoisotopic (exact) mass is 503 g/mol. The number of carbonyl (C=O) groups is 1. The van der Waals surface area contributed by atoms with Gasteiger partial charge < -0.3 is 14.8 Å². The molecule has 1 aliphatic heterocycles. The van der Waals surface area contributed by atoms with Crippen LogP contribution in [0, 0.1) is 0 Å². The first-order valence-corrected chi connectivity index (χ1v) is 12.4. The Morgan fingerprint density at radius 3 is 2.70 bits per heavy atom. The van der Waals surface area contributed by atoms with Crippen molar-refractivity contribution < 1.29 is 14.3 Å². The van der Waals surface area contributed by atoms with Crippen molar-refractivity contribution in [3.63, 3.8) is 0 Å². The van der Waals surface area contributed by atoms with Crippen molar-refractivity contribution in [3.8, 4) is 17.2 Å². The molecule has 2 heterocycles. The molecule has 1 unspecified atom stereocenters. The van der Waals surface area contributed by atoms with E-state index >= 15 is 0 Å². The molecule has 0 radical (unpaired) electrons. The molecular weight excluding hydrogens is 482 g/mol. The van der Waals surface area contributed by atoms with Gasteiger partial charge in [0.05, 0.1) is 41.9 Å². The van der Waals surface area contributed by atoms with Crippen molar-refractivity contribution in [2.24, 2.45) is 0 Å². The number of benzene rings is 2. The van der Waals surface area contributed by atoms with Crippen LogP contribution in [0.25, 0.3) is 5.69 Å². The molecule has 0 saturated carbocycles. The topological polar surface area (TPSA) is 82.4 Å². The van der Waals surface area contributed by atoms with Gasteiger partial charge in [0.25, 0.3) is 5.56 Å². The third-order valence-electron chi connectivity index (χ3n) is 4.98. The molecule has 10 heteroatoms. The molecule has 0 fully saturated rings. The summed E-state index contributed by atoms with van der Waals surface area (Å²) in [5, 5.41) is 4.05. The molecule has 4 rings (SSSR count). The molecule has 3 aromatic rings. The smallest absolute Gasteiger partial charge is 0.272 e. The third-order valence-corrected chi connectivity index (χ3v) is 7.37. The highest BCUT2D eigenvalue weighted by Gasteiger charge is 2.27. The lowest BCUT2D eigenvalue weighted by Crippen LogP contribution is -2.24. The van der Waals surface area contributed by atoms with E-state index in [9.17, 15) is 9.59 Å². The summed E-state index contributed by atoms with van der Waals surface area (Å²) >= 11 is 8.80. The van der Waals surface area contributed by atoms with E-state index in [0.717, 1.165) is 12.1 Å². The number of methoxy groups -OCH3 is 2. The van der Waals surface area contributed by atoms with Crippen LogP contribution in [-0.2, 0) is 11.2 Å². The lowest BCUT2D eigenvalue weighted by atomic mass is 10.2. The summed E-state index contributed by atoms with van der Waals surface area (Å²) in [6.45, 7) is 2.07. The average molecular weight is 504 g/mol.